The maximum absolute atomic E-state index is 13.1. The molecule has 0 aliphatic carbocycles. The van der Waals surface area contributed by atoms with Crippen LogP contribution >= 0.6 is 34.0 Å². The summed E-state index contributed by atoms with van der Waals surface area (Å²) in [5.74, 6) is -3.73. The summed E-state index contributed by atoms with van der Waals surface area (Å²) in [7, 11) is 0. The van der Waals surface area contributed by atoms with Gasteiger partial charge in [0, 0.05) is 0 Å². The molecule has 0 unspecified atom stereocenters. The van der Waals surface area contributed by atoms with E-state index >= 15 is 0 Å². The lowest BCUT2D eigenvalue weighted by atomic mass is 10.0. The number of benzene rings is 4. The Kier molecular flexibility index (Phi) is 26.4. The number of carboxylic acid groups (broad SMARTS) is 1. The van der Waals surface area contributed by atoms with Crippen LogP contribution in [0.2, 0.25) is 0 Å². The van der Waals surface area contributed by atoms with Crippen LogP contribution in [0.15, 0.2) is 147 Å². The summed E-state index contributed by atoms with van der Waals surface area (Å²) in [6.07, 6.45) is 0. The number of nitrogens with two attached hydrogens (primary N) is 2. The molecule has 36 heteroatoms. The molecule has 103 heavy (non-hydrogen) atoms. The number of anilines is 3. The summed E-state index contributed by atoms with van der Waals surface area (Å²) >= 11 is 2.87. The fourth-order valence-corrected chi connectivity index (χ4v) is 12.5. The third kappa shape index (κ3) is 19.4. The largest absolute Gasteiger partial charge is 0.477 e. The first-order valence-corrected chi connectivity index (χ1v) is 33.7. The highest BCUT2D eigenvalue weighted by Crippen LogP contribution is 2.33. The first kappa shape index (κ1) is 78.2. The number of oxime groups is 2. The molecule has 11 rings (SSSR count). The Morgan fingerprint density at radius 1 is 0.515 bits per heavy atom. The van der Waals surface area contributed by atoms with Gasteiger partial charge in [-0.25, -0.2) is 52.6 Å². The van der Waals surface area contributed by atoms with Gasteiger partial charge in [0.25, 0.3) is 22.6 Å². The predicted molar refractivity (Wildman–Crippen MR) is 393 cm³/mol. The van der Waals surface area contributed by atoms with E-state index in [0.29, 0.717) is 60.4 Å². The Bertz CT molecular complexity index is 5380. The molecule has 3 amide bonds. The van der Waals surface area contributed by atoms with Crippen molar-refractivity contribution in [1.82, 2.24) is 53.7 Å². The van der Waals surface area contributed by atoms with E-state index in [0.717, 1.165) is 36.4 Å². The number of amides is 3. The number of fused-ring (bicyclic) bond motifs is 3. The molecule has 7 aromatic heterocycles. The van der Waals surface area contributed by atoms with E-state index in [4.69, 9.17) is 31.1 Å². The molecule has 0 saturated heterocycles. The monoisotopic (exact) mass is 1470 g/mol. The lowest BCUT2D eigenvalue weighted by molar-refractivity contribution is -0.121. The Labute approximate surface area is 596 Å². The average molecular weight is 1470 g/mol. The minimum atomic E-state index is -1.14. The maximum atomic E-state index is 13.1. The first-order valence-electron chi connectivity index (χ1n) is 31.3. The van der Waals surface area contributed by atoms with E-state index in [9.17, 15) is 52.7 Å². The van der Waals surface area contributed by atoms with Crippen LogP contribution in [0.5, 0.6) is 0 Å². The standard InChI is InChI=1S/C20H22N6O5S.C20H20N6O4S.C18H18N4O5S.C7H8.C2H6N2O/c1-9(2)14(26-17(28)12-7-5-6-8-13(12)23-20(26)30)16(27)24-19-22-10(3)15(32-19)18(29)31-25-11(4)21;1-9(2)14(26-18(28)12-7-5-6-8-13(12)23-20(26)29)16(27)24-19-21-10(3)15(31-19)17-22-11(4)25-30-17;1-8(2)12(14(23)21-17-19-9(3)13(28-17)16(25)26)22-15(24)10-6-4-5-7-11(10)20-18(22)27;1-7-5-3-2-4-6-7;1-2(3)4-5/h5-9,14H,1-4H3,(H2,21,25)(H,23,30)(H,22,24,27);5-9,14H,1-4H3,(H,23,29)(H,21,24,27);4-8,12H,1-3H3,(H,20,27)(H,25,26)(H,19,21,23);2-6H,1H3;5H,1H3,(H2,3,4)/t2*14-;12-;;/m000../s1. The molecular formula is C67H74N18O15S3. The number of aromatic carboxylic acids is 1. The third-order valence-corrected chi connectivity index (χ3v) is 17.8. The number of carbonyl (C=O) groups excluding carboxylic acids is 4. The van der Waals surface area contributed by atoms with Crippen molar-refractivity contribution in [2.24, 2.45) is 39.5 Å². The van der Waals surface area contributed by atoms with Crippen LogP contribution in [0.25, 0.3) is 43.5 Å². The fraction of sp³-hybridized carbons (Fsp3) is 0.284. The van der Waals surface area contributed by atoms with Crippen molar-refractivity contribution in [3.05, 3.63) is 204 Å². The lowest BCUT2D eigenvalue weighted by Crippen LogP contribution is -2.44. The van der Waals surface area contributed by atoms with Gasteiger partial charge in [0.1, 0.15) is 44.4 Å². The van der Waals surface area contributed by atoms with Gasteiger partial charge < -0.3 is 62.0 Å². The Balaban J connectivity index is 0.000000200. The molecule has 4 aromatic carbocycles. The minimum Gasteiger partial charge on any atom is -0.477 e. The second-order valence-electron chi connectivity index (χ2n) is 23.7. The molecule has 0 saturated carbocycles. The van der Waals surface area contributed by atoms with E-state index < -0.39 is 87.5 Å². The van der Waals surface area contributed by atoms with E-state index in [-0.39, 0.29) is 54.6 Å². The molecule has 0 aliphatic rings. The number of thiazole rings is 3. The number of H-pyrrole nitrogens is 3. The van der Waals surface area contributed by atoms with Crippen LogP contribution in [0.3, 0.4) is 0 Å². The normalized spacial score (nSPS) is 12.2. The number of carbonyl (C=O) groups is 5. The quantitative estimate of drug-likeness (QED) is 0.0143. The van der Waals surface area contributed by atoms with Crippen molar-refractivity contribution >= 4 is 123 Å². The zero-order chi connectivity index (χ0) is 75.8. The van der Waals surface area contributed by atoms with Crippen LogP contribution in [0, 0.1) is 52.4 Å². The Hall–Kier alpha value is -12.2. The van der Waals surface area contributed by atoms with Crippen molar-refractivity contribution in [2.75, 3.05) is 16.0 Å². The number of nitrogens with one attached hydrogen (secondary N) is 6. The number of aromatic amines is 3. The summed E-state index contributed by atoms with van der Waals surface area (Å²) in [5, 5.41) is 35.8. The van der Waals surface area contributed by atoms with Gasteiger partial charge in [0.2, 0.25) is 17.7 Å². The minimum absolute atomic E-state index is 0.0112. The molecule has 12 N–H and O–H groups in total. The average Bonchev–Trinajstić information content (AvgIpc) is 1.57. The van der Waals surface area contributed by atoms with Crippen molar-refractivity contribution < 1.29 is 43.6 Å². The van der Waals surface area contributed by atoms with E-state index in [1.807, 2.05) is 18.2 Å². The summed E-state index contributed by atoms with van der Waals surface area (Å²) < 4.78 is 7.94. The summed E-state index contributed by atoms with van der Waals surface area (Å²) in [5.41, 5.74) is 10.2. The molecule has 7 heterocycles. The van der Waals surface area contributed by atoms with E-state index in [1.54, 1.807) is 135 Å². The Morgan fingerprint density at radius 3 is 1.18 bits per heavy atom. The number of hydrogen-bond acceptors (Lipinski definition) is 24. The van der Waals surface area contributed by atoms with Crippen LogP contribution in [-0.4, -0.2) is 105 Å². The molecule has 0 aliphatic heterocycles. The van der Waals surface area contributed by atoms with Gasteiger partial charge >= 0.3 is 29.0 Å². The van der Waals surface area contributed by atoms with Gasteiger partial charge in [0.05, 0.1) is 49.8 Å². The number of hydrogen-bond donors (Lipinski definition) is 10. The van der Waals surface area contributed by atoms with Gasteiger partial charge in [-0.15, -0.1) is 0 Å². The number of aromatic nitrogens is 11. The molecule has 3 atom stereocenters. The summed E-state index contributed by atoms with van der Waals surface area (Å²) in [6.45, 7) is 22.0. The fourth-order valence-electron chi connectivity index (χ4n) is 9.99. The lowest BCUT2D eigenvalue weighted by Gasteiger charge is -2.21. The predicted octanol–water partition coefficient (Wildman–Crippen LogP) is 8.12. The highest BCUT2D eigenvalue weighted by Gasteiger charge is 2.33. The van der Waals surface area contributed by atoms with Crippen LogP contribution in [0.1, 0.15) is 121 Å². The zero-order valence-corrected chi connectivity index (χ0v) is 60.3. The first-order chi connectivity index (χ1) is 48.7. The van der Waals surface area contributed by atoms with Gasteiger partial charge in [0.15, 0.2) is 21.2 Å². The molecule has 0 spiro atoms. The highest BCUT2D eigenvalue weighted by molar-refractivity contribution is 7.19. The molecule has 540 valence electrons. The molecule has 11 aromatic rings. The number of amidine groups is 2. The van der Waals surface area contributed by atoms with Gasteiger partial charge in [-0.1, -0.05) is 163 Å². The molecule has 0 radical (unpaired) electrons. The van der Waals surface area contributed by atoms with Crippen LogP contribution in [0.4, 0.5) is 15.4 Å². The van der Waals surface area contributed by atoms with Crippen LogP contribution in [-0.2, 0) is 19.2 Å². The van der Waals surface area contributed by atoms with Gasteiger partial charge in [-0.3, -0.25) is 28.8 Å². The number of rotatable bonds is 16. The van der Waals surface area contributed by atoms with Gasteiger partial charge in [-0.2, -0.15) is 4.98 Å². The highest BCUT2D eigenvalue weighted by atomic mass is 32.1. The van der Waals surface area contributed by atoms with E-state index in [1.165, 1.54) is 37.7 Å². The number of nitrogens with zero attached hydrogens (tertiary/aromatic N) is 10. The number of aryl methyl sites for hydroxylation is 5. The summed E-state index contributed by atoms with van der Waals surface area (Å²) in [6, 6.07) is 26.8. The topological polar surface area (TPSA) is 490 Å². The SMILES string of the molecule is CC(N)=NO.CC(N)=NOC(=O)c1sc(NC(=O)[C@H](C(C)C)n2c(=O)[nH]c3ccccc3c2=O)nc1C.Cc1ccccc1.Cc1nc(NC(=O)[C@H](C(C)C)n2c(=O)[nH]c3ccccc3c2=O)sc1C(=O)O.Cc1noc(-c2sc(NC(=O)[C@H](C(C)C)n3c(=O)[nH]c4ccccc4c3=O)nc2C)n1. The smallest absolute Gasteiger partial charge is 0.377 e. The van der Waals surface area contributed by atoms with Crippen molar-refractivity contribution in [3.63, 3.8) is 0 Å². The van der Waals surface area contributed by atoms with Crippen LogP contribution < -0.4 is 61.2 Å². The van der Waals surface area contributed by atoms with Crippen molar-refractivity contribution in [2.45, 2.75) is 108 Å². The third-order valence-electron chi connectivity index (χ3n) is 14.6. The maximum Gasteiger partial charge on any atom is 0.377 e. The molecule has 0 fully saturated rings. The molecular weight excluding hydrogens is 1390 g/mol. The molecule has 0 bridgehead atoms. The van der Waals surface area contributed by atoms with Crippen molar-refractivity contribution in [1.29, 1.82) is 0 Å². The molecule has 33 nitrogen and oxygen atoms in total. The number of para-hydroxylation sites is 3. The second-order valence-corrected chi connectivity index (χ2v) is 26.7. The second kappa shape index (κ2) is 34.7. The van der Waals surface area contributed by atoms with Crippen molar-refractivity contribution in [3.8, 4) is 10.8 Å². The summed E-state index contributed by atoms with van der Waals surface area (Å²) in [4.78, 5) is 169. The zero-order valence-electron chi connectivity index (χ0n) is 57.8. The Morgan fingerprint density at radius 2 is 0.864 bits per heavy atom. The number of carboxylic acids is 1. The van der Waals surface area contributed by atoms with Gasteiger partial charge in [-0.05, 0) is 103 Å². The van der Waals surface area contributed by atoms with E-state index in [2.05, 4.69) is 85.4 Å².